The molecule has 4 aromatic rings. The van der Waals surface area contributed by atoms with Gasteiger partial charge >= 0.3 is 6.03 Å². The highest BCUT2D eigenvalue weighted by molar-refractivity contribution is 5.99. The van der Waals surface area contributed by atoms with Gasteiger partial charge in [-0.25, -0.2) is 18.3 Å². The SMILES string of the molecule is CC(C)(C)c1cc(NC(=O)Nc2ccc(Oc3ccncc3)cc2F)n(-c2ccc(F)cc2)n1. The van der Waals surface area contributed by atoms with Gasteiger partial charge in [0.1, 0.15) is 29.0 Å². The Hall–Kier alpha value is -4.27. The van der Waals surface area contributed by atoms with E-state index in [1.807, 2.05) is 20.8 Å². The fraction of sp³-hybridized carbons (Fsp3) is 0.160. The third kappa shape index (κ3) is 5.37. The first-order valence-electron chi connectivity index (χ1n) is 10.5. The molecule has 0 saturated carbocycles. The van der Waals surface area contributed by atoms with Crippen LogP contribution in [0, 0.1) is 11.6 Å². The van der Waals surface area contributed by atoms with Crippen LogP contribution in [-0.4, -0.2) is 20.8 Å². The zero-order chi connectivity index (χ0) is 24.3. The third-order valence-corrected chi connectivity index (χ3v) is 4.86. The number of benzene rings is 2. The molecule has 2 heterocycles. The number of ether oxygens (including phenoxy) is 1. The Kier molecular flexibility index (Phi) is 6.27. The molecule has 2 aromatic heterocycles. The molecule has 0 radical (unpaired) electrons. The normalized spacial score (nSPS) is 11.2. The summed E-state index contributed by atoms with van der Waals surface area (Å²) in [6.45, 7) is 5.96. The van der Waals surface area contributed by atoms with Gasteiger partial charge in [0.25, 0.3) is 0 Å². The topological polar surface area (TPSA) is 81.1 Å². The van der Waals surface area contributed by atoms with E-state index in [2.05, 4.69) is 20.7 Å². The van der Waals surface area contributed by atoms with Crippen molar-refractivity contribution in [3.63, 3.8) is 0 Å². The maximum absolute atomic E-state index is 14.6. The standard InChI is InChI=1S/C25H23F2N5O2/c1-25(2,3)22-15-23(32(31-22)17-6-4-16(26)5-7-17)30-24(33)29-21-9-8-19(14-20(21)27)34-18-10-12-28-13-11-18/h4-15H,1-3H3,(H2,29,30,33). The van der Waals surface area contributed by atoms with Crippen molar-refractivity contribution in [2.45, 2.75) is 26.2 Å². The highest BCUT2D eigenvalue weighted by atomic mass is 19.1. The molecule has 34 heavy (non-hydrogen) atoms. The summed E-state index contributed by atoms with van der Waals surface area (Å²) in [5, 5.41) is 9.76. The first-order chi connectivity index (χ1) is 16.2. The lowest BCUT2D eigenvalue weighted by Gasteiger charge is -2.14. The van der Waals surface area contributed by atoms with Gasteiger partial charge in [0.05, 0.1) is 17.1 Å². The summed E-state index contributed by atoms with van der Waals surface area (Å²) in [4.78, 5) is 16.6. The van der Waals surface area contributed by atoms with E-state index in [4.69, 9.17) is 4.74 Å². The molecule has 4 rings (SSSR count). The van der Waals surface area contributed by atoms with E-state index in [-0.39, 0.29) is 22.7 Å². The summed E-state index contributed by atoms with van der Waals surface area (Å²) in [5.74, 6) is 0.0951. The monoisotopic (exact) mass is 463 g/mol. The highest BCUT2D eigenvalue weighted by Crippen LogP contribution is 2.28. The Labute approximate surface area is 195 Å². The lowest BCUT2D eigenvalue weighted by atomic mass is 9.92. The number of nitrogens with zero attached hydrogens (tertiary/aromatic N) is 3. The second kappa shape index (κ2) is 9.30. The second-order valence-corrected chi connectivity index (χ2v) is 8.56. The van der Waals surface area contributed by atoms with Crippen molar-refractivity contribution in [3.05, 3.63) is 90.4 Å². The number of nitrogens with one attached hydrogen (secondary N) is 2. The van der Waals surface area contributed by atoms with E-state index in [9.17, 15) is 13.6 Å². The summed E-state index contributed by atoms with van der Waals surface area (Å²) in [6, 6.07) is 14.2. The average molecular weight is 463 g/mol. The van der Waals surface area contributed by atoms with Gasteiger partial charge in [0, 0.05) is 29.9 Å². The van der Waals surface area contributed by atoms with Crippen LogP contribution < -0.4 is 15.4 Å². The van der Waals surface area contributed by atoms with E-state index >= 15 is 0 Å². The first-order valence-corrected chi connectivity index (χ1v) is 10.5. The van der Waals surface area contributed by atoms with Gasteiger partial charge in [-0.3, -0.25) is 10.3 Å². The summed E-state index contributed by atoms with van der Waals surface area (Å²) in [5.41, 5.74) is 0.963. The highest BCUT2D eigenvalue weighted by Gasteiger charge is 2.22. The lowest BCUT2D eigenvalue weighted by Crippen LogP contribution is -2.22. The molecule has 0 atom stereocenters. The number of halogens is 2. The third-order valence-electron chi connectivity index (χ3n) is 4.86. The van der Waals surface area contributed by atoms with E-state index < -0.39 is 11.8 Å². The number of hydrogen-bond donors (Lipinski definition) is 2. The van der Waals surface area contributed by atoms with Gasteiger partial charge in [0.15, 0.2) is 0 Å². The molecule has 0 saturated heterocycles. The minimum atomic E-state index is -0.663. The molecule has 0 aliphatic rings. The quantitative estimate of drug-likeness (QED) is 0.365. The van der Waals surface area contributed by atoms with Gasteiger partial charge < -0.3 is 10.1 Å². The van der Waals surface area contributed by atoms with Crippen molar-refractivity contribution < 1.29 is 18.3 Å². The Morgan fingerprint density at radius 2 is 1.62 bits per heavy atom. The van der Waals surface area contributed by atoms with Crippen LogP contribution in [0.3, 0.4) is 0 Å². The zero-order valence-corrected chi connectivity index (χ0v) is 18.8. The summed E-state index contributed by atoms with van der Waals surface area (Å²) < 4.78 is 35.1. The van der Waals surface area contributed by atoms with Crippen molar-refractivity contribution >= 4 is 17.5 Å². The molecule has 2 aromatic carbocycles. The molecule has 0 aliphatic heterocycles. The molecule has 0 aliphatic carbocycles. The number of anilines is 2. The number of hydrogen-bond acceptors (Lipinski definition) is 4. The van der Waals surface area contributed by atoms with Gasteiger partial charge in [-0.1, -0.05) is 20.8 Å². The molecule has 9 heteroatoms. The van der Waals surface area contributed by atoms with Crippen molar-refractivity contribution in [2.75, 3.05) is 10.6 Å². The van der Waals surface area contributed by atoms with Crippen LogP contribution >= 0.6 is 0 Å². The average Bonchev–Trinajstić information content (AvgIpc) is 3.21. The fourth-order valence-corrected chi connectivity index (χ4v) is 3.09. The van der Waals surface area contributed by atoms with Gasteiger partial charge in [-0.05, 0) is 48.5 Å². The van der Waals surface area contributed by atoms with Crippen LogP contribution in [-0.2, 0) is 5.41 Å². The predicted molar refractivity (Wildman–Crippen MR) is 126 cm³/mol. The zero-order valence-electron chi connectivity index (χ0n) is 18.8. The minimum absolute atomic E-state index is 0.0246. The van der Waals surface area contributed by atoms with E-state index in [1.54, 1.807) is 48.8 Å². The van der Waals surface area contributed by atoms with Gasteiger partial charge in [-0.2, -0.15) is 5.10 Å². The number of rotatable bonds is 5. The Morgan fingerprint density at radius 3 is 2.26 bits per heavy atom. The molecule has 0 spiro atoms. The molecule has 0 fully saturated rings. The maximum atomic E-state index is 14.6. The number of carbonyl (C=O) groups is 1. The number of urea groups is 1. The van der Waals surface area contributed by atoms with Crippen molar-refractivity contribution in [2.24, 2.45) is 0 Å². The molecular weight excluding hydrogens is 440 g/mol. The van der Waals surface area contributed by atoms with E-state index in [1.165, 1.54) is 28.9 Å². The van der Waals surface area contributed by atoms with E-state index in [0.29, 0.717) is 17.3 Å². The first kappa shape index (κ1) is 22.9. The minimum Gasteiger partial charge on any atom is -0.457 e. The van der Waals surface area contributed by atoms with Crippen LogP contribution in [0.5, 0.6) is 11.5 Å². The molecule has 2 amide bonds. The summed E-state index contributed by atoms with van der Waals surface area (Å²) in [6.07, 6.45) is 3.13. The van der Waals surface area contributed by atoms with Crippen molar-refractivity contribution in [1.82, 2.24) is 14.8 Å². The molecule has 0 bridgehead atoms. The van der Waals surface area contributed by atoms with E-state index in [0.717, 1.165) is 5.69 Å². The molecule has 0 unspecified atom stereocenters. The molecule has 2 N–H and O–H groups in total. The predicted octanol–water partition coefficient (Wildman–Crippen LogP) is 6.28. The fourth-order valence-electron chi connectivity index (χ4n) is 3.09. The number of amides is 2. The largest absolute Gasteiger partial charge is 0.457 e. The lowest BCUT2D eigenvalue weighted by molar-refractivity contribution is 0.262. The maximum Gasteiger partial charge on any atom is 0.324 e. The van der Waals surface area contributed by atoms with Crippen LogP contribution in [0.2, 0.25) is 0 Å². The Morgan fingerprint density at radius 1 is 0.912 bits per heavy atom. The number of pyridine rings is 1. The van der Waals surface area contributed by atoms with Crippen molar-refractivity contribution in [3.8, 4) is 17.2 Å². The molecule has 174 valence electrons. The smallest absolute Gasteiger partial charge is 0.324 e. The molecular formula is C25H23F2N5O2. The Balaban J connectivity index is 1.52. The van der Waals surface area contributed by atoms with Crippen LogP contribution in [0.1, 0.15) is 26.5 Å². The van der Waals surface area contributed by atoms with Gasteiger partial charge in [-0.15, -0.1) is 0 Å². The summed E-state index contributed by atoms with van der Waals surface area (Å²) >= 11 is 0. The second-order valence-electron chi connectivity index (χ2n) is 8.56. The van der Waals surface area contributed by atoms with Crippen LogP contribution in [0.4, 0.5) is 25.1 Å². The number of aromatic nitrogens is 3. The van der Waals surface area contributed by atoms with Crippen LogP contribution in [0.25, 0.3) is 5.69 Å². The Bertz CT molecular complexity index is 1300. The van der Waals surface area contributed by atoms with Gasteiger partial charge in [0.2, 0.25) is 0 Å². The summed E-state index contributed by atoms with van der Waals surface area (Å²) in [7, 11) is 0. The molecule has 7 nitrogen and oxygen atoms in total. The van der Waals surface area contributed by atoms with Crippen molar-refractivity contribution in [1.29, 1.82) is 0 Å². The van der Waals surface area contributed by atoms with Crippen LogP contribution in [0.15, 0.2) is 73.1 Å². The number of carbonyl (C=O) groups excluding carboxylic acids is 1.